The van der Waals surface area contributed by atoms with Crippen LogP contribution in [0.2, 0.25) is 0 Å². The number of carbonyl (C=O) groups is 1. The quantitative estimate of drug-likeness (QED) is 0.413. The van der Waals surface area contributed by atoms with Crippen LogP contribution < -0.4 is 10.1 Å². The second-order valence-electron chi connectivity index (χ2n) is 6.56. The van der Waals surface area contributed by atoms with E-state index in [9.17, 15) is 4.79 Å². The van der Waals surface area contributed by atoms with E-state index >= 15 is 0 Å². The molecular weight excluding hydrogens is 378 g/mol. The van der Waals surface area contributed by atoms with Gasteiger partial charge in [0.25, 0.3) is 5.91 Å². The second-order valence-corrected chi connectivity index (χ2v) is 8.80. The van der Waals surface area contributed by atoms with Crippen molar-refractivity contribution in [2.75, 3.05) is 11.1 Å². The van der Waals surface area contributed by atoms with E-state index in [0.29, 0.717) is 23.2 Å². The molecule has 1 heterocycles. The molecule has 27 heavy (non-hydrogen) atoms. The van der Waals surface area contributed by atoms with Crippen LogP contribution in [0.25, 0.3) is 10.8 Å². The molecule has 0 aliphatic heterocycles. The molecule has 7 heteroatoms. The molecule has 1 atom stereocenters. The summed E-state index contributed by atoms with van der Waals surface area (Å²) >= 11 is 3.05. The molecule has 0 radical (unpaired) electrons. The molecule has 0 fully saturated rings. The Morgan fingerprint density at radius 3 is 2.74 bits per heavy atom. The number of fused-ring (bicyclic) bond motifs is 1. The first-order chi connectivity index (χ1) is 13.1. The Hall–Kier alpha value is -2.12. The minimum Gasteiger partial charge on any atom is -0.480 e. The number of thioether (sulfide) groups is 1. The maximum atomic E-state index is 12.7. The molecule has 142 valence electrons. The Balaban J connectivity index is 1.67. The topological polar surface area (TPSA) is 64.1 Å². The van der Waals surface area contributed by atoms with Crippen molar-refractivity contribution in [1.29, 1.82) is 0 Å². The van der Waals surface area contributed by atoms with Crippen LogP contribution in [-0.2, 0) is 4.79 Å². The third-order valence-corrected chi connectivity index (χ3v) is 6.26. The van der Waals surface area contributed by atoms with E-state index in [4.69, 9.17) is 4.74 Å². The van der Waals surface area contributed by atoms with Crippen LogP contribution in [0, 0.1) is 5.92 Å². The van der Waals surface area contributed by atoms with Crippen LogP contribution in [0.15, 0.2) is 46.8 Å². The standard InChI is InChI=1S/C20H23N3O2S2/c1-4-16(25-17-11-7-9-14-8-5-6-10-15(14)17)18(24)21-19-22-23-20(27-19)26-12-13(2)3/h5-11,13,16H,4,12H2,1-3H3,(H,21,22,24)/t16-/m1/s1. The highest BCUT2D eigenvalue weighted by Gasteiger charge is 2.21. The third kappa shape index (κ3) is 5.20. The van der Waals surface area contributed by atoms with Gasteiger partial charge < -0.3 is 4.74 Å². The smallest absolute Gasteiger partial charge is 0.267 e. The van der Waals surface area contributed by atoms with Gasteiger partial charge in [0, 0.05) is 11.1 Å². The largest absolute Gasteiger partial charge is 0.480 e. The van der Waals surface area contributed by atoms with E-state index in [1.807, 2.05) is 49.4 Å². The summed E-state index contributed by atoms with van der Waals surface area (Å²) in [5.41, 5.74) is 0. The zero-order valence-electron chi connectivity index (χ0n) is 15.6. The summed E-state index contributed by atoms with van der Waals surface area (Å²) in [7, 11) is 0. The Bertz CT molecular complexity index is 906. The molecule has 0 bridgehead atoms. The van der Waals surface area contributed by atoms with E-state index < -0.39 is 6.10 Å². The average Bonchev–Trinajstić information content (AvgIpc) is 3.11. The van der Waals surface area contributed by atoms with Gasteiger partial charge >= 0.3 is 0 Å². The highest BCUT2D eigenvalue weighted by atomic mass is 32.2. The number of ether oxygens (including phenoxy) is 1. The maximum Gasteiger partial charge on any atom is 0.267 e. The highest BCUT2D eigenvalue weighted by Crippen LogP contribution is 2.28. The van der Waals surface area contributed by atoms with Crippen LogP contribution >= 0.6 is 23.1 Å². The van der Waals surface area contributed by atoms with Crippen LogP contribution in [-0.4, -0.2) is 28.0 Å². The van der Waals surface area contributed by atoms with E-state index in [-0.39, 0.29) is 5.91 Å². The molecule has 0 spiro atoms. The summed E-state index contributed by atoms with van der Waals surface area (Å²) < 4.78 is 6.90. The van der Waals surface area contributed by atoms with Crippen molar-refractivity contribution in [3.05, 3.63) is 42.5 Å². The van der Waals surface area contributed by atoms with Gasteiger partial charge in [-0.2, -0.15) is 0 Å². The molecule has 0 unspecified atom stereocenters. The van der Waals surface area contributed by atoms with Crippen molar-refractivity contribution in [2.24, 2.45) is 5.92 Å². The third-order valence-electron chi connectivity index (χ3n) is 3.86. The van der Waals surface area contributed by atoms with Crippen molar-refractivity contribution in [3.63, 3.8) is 0 Å². The molecule has 3 rings (SSSR count). The molecule has 1 aromatic heterocycles. The zero-order chi connectivity index (χ0) is 19.2. The lowest BCUT2D eigenvalue weighted by Gasteiger charge is -2.17. The van der Waals surface area contributed by atoms with Crippen LogP contribution in [0.5, 0.6) is 5.75 Å². The average molecular weight is 402 g/mol. The first-order valence-corrected chi connectivity index (χ1v) is 10.8. The molecule has 2 aromatic carbocycles. The fraction of sp³-hybridized carbons (Fsp3) is 0.350. The summed E-state index contributed by atoms with van der Waals surface area (Å²) in [5.74, 6) is 2.06. The fourth-order valence-corrected chi connectivity index (χ4v) is 4.25. The lowest BCUT2D eigenvalue weighted by Crippen LogP contribution is -2.32. The highest BCUT2D eigenvalue weighted by molar-refractivity contribution is 8.01. The van der Waals surface area contributed by atoms with Crippen molar-refractivity contribution in [3.8, 4) is 5.75 Å². The van der Waals surface area contributed by atoms with Crippen molar-refractivity contribution >= 4 is 44.9 Å². The number of anilines is 1. The zero-order valence-corrected chi connectivity index (χ0v) is 17.3. The normalized spacial score (nSPS) is 12.3. The number of nitrogens with one attached hydrogen (secondary N) is 1. The molecule has 1 N–H and O–H groups in total. The van der Waals surface area contributed by atoms with Crippen molar-refractivity contribution < 1.29 is 9.53 Å². The van der Waals surface area contributed by atoms with Gasteiger partial charge in [-0.25, -0.2) is 0 Å². The lowest BCUT2D eigenvalue weighted by atomic mass is 10.1. The molecule has 0 aliphatic carbocycles. The van der Waals surface area contributed by atoms with Crippen molar-refractivity contribution in [1.82, 2.24) is 10.2 Å². The van der Waals surface area contributed by atoms with Gasteiger partial charge in [-0.1, -0.05) is 80.3 Å². The van der Waals surface area contributed by atoms with Gasteiger partial charge in [-0.3, -0.25) is 10.1 Å². The van der Waals surface area contributed by atoms with E-state index in [0.717, 1.165) is 20.9 Å². The van der Waals surface area contributed by atoms with Crippen molar-refractivity contribution in [2.45, 2.75) is 37.6 Å². The Labute approximate surface area is 167 Å². The molecule has 0 saturated carbocycles. The molecule has 3 aromatic rings. The summed E-state index contributed by atoms with van der Waals surface area (Å²) in [4.78, 5) is 12.7. The summed E-state index contributed by atoms with van der Waals surface area (Å²) in [5, 5.41) is 13.6. The number of amides is 1. The summed E-state index contributed by atoms with van der Waals surface area (Å²) in [6.45, 7) is 6.25. The lowest BCUT2D eigenvalue weighted by molar-refractivity contribution is -0.122. The molecule has 0 aliphatic rings. The van der Waals surface area contributed by atoms with Crippen LogP contribution in [0.1, 0.15) is 27.2 Å². The minimum atomic E-state index is -0.591. The van der Waals surface area contributed by atoms with Gasteiger partial charge in [0.1, 0.15) is 5.75 Å². The predicted octanol–water partition coefficient (Wildman–Crippen LogP) is 5.24. The number of hydrogen-bond donors (Lipinski definition) is 1. The van der Waals surface area contributed by atoms with Gasteiger partial charge in [-0.15, -0.1) is 10.2 Å². The van der Waals surface area contributed by atoms with E-state index in [1.54, 1.807) is 11.8 Å². The molecular formula is C20H23N3O2S2. The number of hydrogen-bond acceptors (Lipinski definition) is 6. The summed E-state index contributed by atoms with van der Waals surface area (Å²) in [6.07, 6.45) is -0.0329. The van der Waals surface area contributed by atoms with Crippen LogP contribution in [0.4, 0.5) is 5.13 Å². The summed E-state index contributed by atoms with van der Waals surface area (Å²) in [6, 6.07) is 13.8. The maximum absolute atomic E-state index is 12.7. The van der Waals surface area contributed by atoms with E-state index in [1.165, 1.54) is 11.3 Å². The Morgan fingerprint density at radius 2 is 1.96 bits per heavy atom. The molecule has 1 amide bonds. The number of nitrogens with zero attached hydrogens (tertiary/aromatic N) is 2. The number of benzene rings is 2. The van der Waals surface area contributed by atoms with Gasteiger partial charge in [0.2, 0.25) is 5.13 Å². The SMILES string of the molecule is CC[C@@H](Oc1cccc2ccccc12)C(=O)Nc1nnc(SCC(C)C)s1. The first kappa shape index (κ1) is 19.6. The monoisotopic (exact) mass is 401 g/mol. The molecule has 0 saturated heterocycles. The predicted molar refractivity (Wildman–Crippen MR) is 113 cm³/mol. The minimum absolute atomic E-state index is 0.206. The Kier molecular flexibility index (Phi) is 6.68. The fourth-order valence-electron chi connectivity index (χ4n) is 2.52. The first-order valence-electron chi connectivity index (χ1n) is 8.98. The number of rotatable bonds is 8. The van der Waals surface area contributed by atoms with Gasteiger partial charge in [-0.05, 0) is 23.8 Å². The second kappa shape index (κ2) is 9.19. The van der Waals surface area contributed by atoms with E-state index in [2.05, 4.69) is 29.4 Å². The number of carbonyl (C=O) groups excluding carboxylic acids is 1. The Morgan fingerprint density at radius 1 is 1.19 bits per heavy atom. The van der Waals surface area contributed by atoms with Gasteiger partial charge in [0.15, 0.2) is 10.4 Å². The van der Waals surface area contributed by atoms with Crippen LogP contribution in [0.3, 0.4) is 0 Å². The molecule has 5 nitrogen and oxygen atoms in total. The number of aromatic nitrogens is 2. The van der Waals surface area contributed by atoms with Gasteiger partial charge in [0.05, 0.1) is 0 Å².